The summed E-state index contributed by atoms with van der Waals surface area (Å²) in [6.45, 7) is 0. The monoisotopic (exact) mass is 249 g/mol. The van der Waals surface area contributed by atoms with Gasteiger partial charge >= 0.3 is 12.1 Å². The van der Waals surface area contributed by atoms with Gasteiger partial charge in [0.15, 0.2) is 0 Å². The molecule has 0 saturated heterocycles. The first-order valence-electron chi connectivity index (χ1n) is 4.72. The molecule has 0 spiro atoms. The van der Waals surface area contributed by atoms with E-state index < -0.39 is 12.1 Å². The van der Waals surface area contributed by atoms with Crippen LogP contribution in [0.1, 0.15) is 5.69 Å². The number of carbonyl (C=O) groups excluding carboxylic acids is 2. The maximum absolute atomic E-state index is 10.6. The lowest BCUT2D eigenvalue weighted by Crippen LogP contribution is -2.28. The predicted molar refractivity (Wildman–Crippen MR) is 64.7 cm³/mol. The number of hydrogen-bond donors (Lipinski definition) is 4. The molecule has 0 saturated carbocycles. The molecule has 1 aromatic rings. The van der Waals surface area contributed by atoms with Crippen LogP contribution >= 0.6 is 0 Å². The maximum atomic E-state index is 10.6. The normalized spacial score (nSPS) is 11.2. The number of rotatable bonds is 4. The lowest BCUT2D eigenvalue weighted by atomic mass is 10.2. The fraction of sp³-hybridized carbons (Fsp3) is 0. The minimum Gasteiger partial charge on any atom is -0.350 e. The van der Waals surface area contributed by atoms with Crippen molar-refractivity contribution in [2.45, 2.75) is 0 Å². The van der Waals surface area contributed by atoms with Crippen molar-refractivity contribution in [1.29, 1.82) is 0 Å². The zero-order valence-corrected chi connectivity index (χ0v) is 9.20. The van der Waals surface area contributed by atoms with Crippen LogP contribution in [-0.4, -0.2) is 29.0 Å². The molecule has 18 heavy (non-hydrogen) atoms. The van der Waals surface area contributed by atoms with E-state index in [2.05, 4.69) is 15.2 Å². The highest BCUT2D eigenvalue weighted by atomic mass is 16.2. The molecule has 0 bridgehead atoms. The van der Waals surface area contributed by atoms with Crippen molar-refractivity contribution in [3.05, 3.63) is 30.1 Å². The summed E-state index contributed by atoms with van der Waals surface area (Å²) in [6, 6.07) is 3.41. The van der Waals surface area contributed by atoms with Crippen LogP contribution in [0.4, 0.5) is 9.59 Å². The summed E-state index contributed by atoms with van der Waals surface area (Å²) in [5.74, 6) is 0. The molecule has 0 unspecified atom stereocenters. The van der Waals surface area contributed by atoms with Gasteiger partial charge in [0, 0.05) is 6.20 Å². The topological polar surface area (TPSA) is 148 Å². The van der Waals surface area contributed by atoms with Gasteiger partial charge in [0.25, 0.3) is 0 Å². The van der Waals surface area contributed by atoms with E-state index in [1.807, 2.05) is 10.9 Å². The van der Waals surface area contributed by atoms with Crippen LogP contribution in [0.5, 0.6) is 0 Å². The third-order valence-corrected chi connectivity index (χ3v) is 1.58. The molecule has 0 aromatic carbocycles. The summed E-state index contributed by atoms with van der Waals surface area (Å²) in [6.07, 6.45) is 2.70. The van der Waals surface area contributed by atoms with Gasteiger partial charge in [0.2, 0.25) is 0 Å². The number of nitrogens with one attached hydrogen (secondary N) is 2. The number of urea groups is 2. The number of nitrogens with two attached hydrogens (primary N) is 2. The Kier molecular flexibility index (Phi) is 4.79. The van der Waals surface area contributed by atoms with Crippen LogP contribution < -0.4 is 22.3 Å². The molecular formula is C9H11N7O2. The molecule has 9 heteroatoms. The molecule has 0 aliphatic rings. The Morgan fingerprint density at radius 3 is 2.50 bits per heavy atom. The Balaban J connectivity index is 2.89. The highest BCUT2D eigenvalue weighted by Gasteiger charge is 2.02. The van der Waals surface area contributed by atoms with Crippen LogP contribution in [0.15, 0.2) is 34.6 Å². The fourth-order valence-corrected chi connectivity index (χ4v) is 0.939. The molecule has 9 nitrogen and oxygen atoms in total. The van der Waals surface area contributed by atoms with Crippen molar-refractivity contribution in [2.24, 2.45) is 21.7 Å². The largest absolute Gasteiger partial charge is 0.350 e. The third kappa shape index (κ3) is 4.70. The number of pyridine rings is 1. The van der Waals surface area contributed by atoms with Gasteiger partial charge in [0.1, 0.15) is 5.71 Å². The quantitative estimate of drug-likeness (QED) is 0.405. The zero-order chi connectivity index (χ0) is 13.4. The van der Waals surface area contributed by atoms with Gasteiger partial charge in [-0.05, 0) is 12.1 Å². The lowest BCUT2D eigenvalue weighted by Gasteiger charge is -2.00. The van der Waals surface area contributed by atoms with E-state index in [9.17, 15) is 9.59 Å². The molecule has 0 atom stereocenters. The first kappa shape index (κ1) is 13.1. The minimum absolute atomic E-state index is 0.197. The van der Waals surface area contributed by atoms with E-state index in [0.29, 0.717) is 5.69 Å². The van der Waals surface area contributed by atoms with Crippen LogP contribution in [-0.2, 0) is 0 Å². The standard InChI is InChI=1S/C9H11N7O2/c10-8(17)15-13-5-7(14-16-9(11)18)6-3-1-2-4-12-6/h1-5H,(H3,10,15,17)(H3,11,16,18). The summed E-state index contributed by atoms with van der Waals surface area (Å²) in [4.78, 5) is 25.0. The molecule has 0 radical (unpaired) electrons. The second kappa shape index (κ2) is 6.58. The van der Waals surface area contributed by atoms with Gasteiger partial charge in [-0.25, -0.2) is 20.4 Å². The van der Waals surface area contributed by atoms with Gasteiger partial charge in [0.05, 0.1) is 11.9 Å². The summed E-state index contributed by atoms with van der Waals surface area (Å²) in [5, 5.41) is 7.19. The van der Waals surface area contributed by atoms with Gasteiger partial charge in [-0.15, -0.1) is 0 Å². The molecule has 6 N–H and O–H groups in total. The van der Waals surface area contributed by atoms with Gasteiger partial charge in [-0.1, -0.05) is 6.07 Å². The molecule has 94 valence electrons. The fourth-order valence-electron chi connectivity index (χ4n) is 0.939. The highest BCUT2D eigenvalue weighted by molar-refractivity contribution is 6.37. The zero-order valence-electron chi connectivity index (χ0n) is 9.20. The third-order valence-electron chi connectivity index (χ3n) is 1.58. The van der Waals surface area contributed by atoms with Gasteiger partial charge in [-0.3, -0.25) is 4.98 Å². The van der Waals surface area contributed by atoms with Crippen molar-refractivity contribution in [3.63, 3.8) is 0 Å². The van der Waals surface area contributed by atoms with E-state index in [1.165, 1.54) is 12.4 Å². The Morgan fingerprint density at radius 1 is 1.22 bits per heavy atom. The predicted octanol–water partition coefficient (Wildman–Crippen LogP) is -0.892. The minimum atomic E-state index is -0.834. The number of hydrazone groups is 2. The lowest BCUT2D eigenvalue weighted by molar-refractivity contribution is 0.248. The number of aromatic nitrogens is 1. The number of nitrogens with zero attached hydrogens (tertiary/aromatic N) is 3. The summed E-state index contributed by atoms with van der Waals surface area (Å²) in [5.41, 5.74) is 14.4. The molecule has 0 aliphatic carbocycles. The number of carbonyl (C=O) groups is 2. The average molecular weight is 249 g/mol. The Hall–Kier alpha value is -2.97. The Bertz CT molecular complexity index is 483. The van der Waals surface area contributed by atoms with E-state index in [4.69, 9.17) is 11.5 Å². The first-order chi connectivity index (χ1) is 8.59. The SMILES string of the molecule is NC(=O)NN=CC(=NNC(N)=O)c1ccccn1. The van der Waals surface area contributed by atoms with E-state index in [1.54, 1.807) is 18.2 Å². The van der Waals surface area contributed by atoms with Crippen molar-refractivity contribution < 1.29 is 9.59 Å². The molecule has 1 aromatic heterocycles. The van der Waals surface area contributed by atoms with Crippen LogP contribution in [0, 0.1) is 0 Å². The van der Waals surface area contributed by atoms with Crippen molar-refractivity contribution in [3.8, 4) is 0 Å². The Morgan fingerprint density at radius 2 is 1.94 bits per heavy atom. The van der Waals surface area contributed by atoms with E-state index in [-0.39, 0.29) is 5.71 Å². The average Bonchev–Trinajstić information content (AvgIpc) is 2.34. The Labute approximate surface area is 102 Å². The van der Waals surface area contributed by atoms with Crippen molar-refractivity contribution >= 4 is 24.0 Å². The van der Waals surface area contributed by atoms with Crippen molar-refractivity contribution in [1.82, 2.24) is 15.8 Å². The summed E-state index contributed by atoms with van der Waals surface area (Å²) in [7, 11) is 0. The molecule has 0 fully saturated rings. The summed E-state index contributed by atoms with van der Waals surface area (Å²) >= 11 is 0. The molecule has 1 rings (SSSR count). The van der Waals surface area contributed by atoms with Crippen molar-refractivity contribution in [2.75, 3.05) is 0 Å². The van der Waals surface area contributed by atoms with Crippen LogP contribution in [0.3, 0.4) is 0 Å². The number of hydrogen-bond acceptors (Lipinski definition) is 5. The van der Waals surface area contributed by atoms with Crippen LogP contribution in [0.25, 0.3) is 0 Å². The first-order valence-corrected chi connectivity index (χ1v) is 4.72. The van der Waals surface area contributed by atoms with E-state index in [0.717, 1.165) is 0 Å². The maximum Gasteiger partial charge on any atom is 0.332 e. The highest BCUT2D eigenvalue weighted by Crippen LogP contribution is 1.94. The smallest absolute Gasteiger partial charge is 0.332 e. The molecule has 4 amide bonds. The number of primary amides is 2. The van der Waals surface area contributed by atoms with Gasteiger partial charge in [-0.2, -0.15) is 10.2 Å². The number of amides is 4. The summed E-state index contributed by atoms with van der Waals surface area (Å²) < 4.78 is 0. The van der Waals surface area contributed by atoms with Crippen LogP contribution in [0.2, 0.25) is 0 Å². The molecule has 0 aliphatic heterocycles. The second-order valence-corrected chi connectivity index (χ2v) is 2.92. The molecular weight excluding hydrogens is 238 g/mol. The van der Waals surface area contributed by atoms with Gasteiger partial charge < -0.3 is 11.5 Å². The molecule has 1 heterocycles. The van der Waals surface area contributed by atoms with E-state index >= 15 is 0 Å². The second-order valence-electron chi connectivity index (χ2n) is 2.92.